The lowest BCUT2D eigenvalue weighted by Gasteiger charge is -1.98. The molecule has 0 aliphatic carbocycles. The first-order valence-electron chi connectivity index (χ1n) is 5.10. The van der Waals surface area contributed by atoms with Crippen LogP contribution in [-0.2, 0) is 14.2 Å². The highest BCUT2D eigenvalue weighted by molar-refractivity contribution is 4.84. The van der Waals surface area contributed by atoms with Gasteiger partial charge in [-0.3, -0.25) is 0 Å². The van der Waals surface area contributed by atoms with E-state index in [1.807, 2.05) is 0 Å². The number of rotatable bonds is 8. The Morgan fingerprint density at radius 2 is 2.08 bits per heavy atom. The van der Waals surface area contributed by atoms with Gasteiger partial charge in [-0.05, 0) is 6.42 Å². The van der Waals surface area contributed by atoms with Gasteiger partial charge in [0.05, 0.1) is 12.7 Å². The van der Waals surface area contributed by atoms with Gasteiger partial charge in [0, 0.05) is 7.11 Å². The van der Waals surface area contributed by atoms with Crippen LogP contribution in [0.1, 0.15) is 32.6 Å². The second-order valence-electron chi connectivity index (χ2n) is 3.49. The molecule has 0 aromatic rings. The summed E-state index contributed by atoms with van der Waals surface area (Å²) in [5.74, 6) is 0. The van der Waals surface area contributed by atoms with Gasteiger partial charge in [0.1, 0.15) is 12.9 Å². The van der Waals surface area contributed by atoms with Crippen molar-refractivity contribution in [2.24, 2.45) is 0 Å². The van der Waals surface area contributed by atoms with Gasteiger partial charge in [-0.15, -0.1) is 0 Å². The molecule has 13 heavy (non-hydrogen) atoms. The summed E-state index contributed by atoms with van der Waals surface area (Å²) < 4.78 is 15.4. The summed E-state index contributed by atoms with van der Waals surface area (Å²) in [6.45, 7) is 3.28. The monoisotopic (exact) mass is 188 g/mol. The van der Waals surface area contributed by atoms with Crippen LogP contribution in [0.5, 0.6) is 0 Å². The third-order valence-electron chi connectivity index (χ3n) is 2.26. The van der Waals surface area contributed by atoms with Gasteiger partial charge in [0.15, 0.2) is 0 Å². The minimum atomic E-state index is 0.340. The van der Waals surface area contributed by atoms with Crippen LogP contribution in [0, 0.1) is 0 Å². The molecule has 0 N–H and O–H groups in total. The van der Waals surface area contributed by atoms with Crippen molar-refractivity contribution in [2.75, 3.05) is 20.5 Å². The van der Waals surface area contributed by atoms with E-state index >= 15 is 0 Å². The predicted molar refractivity (Wildman–Crippen MR) is 50.6 cm³/mol. The molecule has 1 rings (SSSR count). The molecule has 3 heteroatoms. The average Bonchev–Trinajstić information content (AvgIpc) is 2.85. The van der Waals surface area contributed by atoms with E-state index in [0.29, 0.717) is 25.6 Å². The van der Waals surface area contributed by atoms with Crippen LogP contribution in [0.25, 0.3) is 0 Å². The normalized spacial score (nSPS) is 26.3. The second-order valence-corrected chi connectivity index (χ2v) is 3.49. The first-order chi connectivity index (χ1) is 6.38. The van der Waals surface area contributed by atoms with Crippen LogP contribution in [0.15, 0.2) is 0 Å². The summed E-state index contributed by atoms with van der Waals surface area (Å²) in [7, 11) is 1.63. The quantitative estimate of drug-likeness (QED) is 0.331. The lowest BCUT2D eigenvalue weighted by atomic mass is 10.1. The van der Waals surface area contributed by atoms with Crippen molar-refractivity contribution in [1.29, 1.82) is 0 Å². The van der Waals surface area contributed by atoms with Gasteiger partial charge in [-0.2, -0.15) is 0 Å². The largest absolute Gasteiger partial charge is 0.367 e. The molecular weight excluding hydrogens is 168 g/mol. The van der Waals surface area contributed by atoms with Crippen molar-refractivity contribution in [3.8, 4) is 0 Å². The second kappa shape index (κ2) is 6.35. The van der Waals surface area contributed by atoms with Gasteiger partial charge >= 0.3 is 0 Å². The summed E-state index contributed by atoms with van der Waals surface area (Å²) >= 11 is 0. The van der Waals surface area contributed by atoms with E-state index < -0.39 is 0 Å². The fourth-order valence-electron chi connectivity index (χ4n) is 1.42. The van der Waals surface area contributed by atoms with Crippen molar-refractivity contribution >= 4 is 0 Å². The zero-order valence-electron chi connectivity index (χ0n) is 8.62. The first-order valence-corrected chi connectivity index (χ1v) is 5.10. The van der Waals surface area contributed by atoms with E-state index in [2.05, 4.69) is 6.92 Å². The molecule has 2 atom stereocenters. The lowest BCUT2D eigenvalue weighted by molar-refractivity contribution is -0.0351. The highest BCUT2D eigenvalue weighted by Gasteiger charge is 2.37. The third-order valence-corrected chi connectivity index (χ3v) is 2.26. The Kier molecular flexibility index (Phi) is 5.35. The molecule has 1 aliphatic heterocycles. The van der Waals surface area contributed by atoms with Gasteiger partial charge in [0.25, 0.3) is 0 Å². The molecule has 0 aromatic heterocycles. The molecule has 1 aliphatic rings. The number of hydrogen-bond acceptors (Lipinski definition) is 3. The van der Waals surface area contributed by atoms with Crippen molar-refractivity contribution in [3.05, 3.63) is 0 Å². The minimum Gasteiger partial charge on any atom is -0.367 e. The molecule has 1 saturated heterocycles. The number of hydrogen-bond donors (Lipinski definition) is 0. The summed E-state index contributed by atoms with van der Waals surface area (Å²) in [5.41, 5.74) is 0. The fourth-order valence-corrected chi connectivity index (χ4v) is 1.42. The maximum absolute atomic E-state index is 5.43. The SMILES string of the molecule is CCCCC[C@H]1O[C@@H]1COCOC. The number of ether oxygens (including phenoxy) is 3. The molecule has 0 unspecified atom stereocenters. The molecule has 0 saturated carbocycles. The smallest absolute Gasteiger partial charge is 0.146 e. The van der Waals surface area contributed by atoms with Crippen molar-refractivity contribution in [2.45, 2.75) is 44.8 Å². The van der Waals surface area contributed by atoms with Gasteiger partial charge in [-0.1, -0.05) is 26.2 Å². The van der Waals surface area contributed by atoms with Crippen LogP contribution < -0.4 is 0 Å². The zero-order chi connectivity index (χ0) is 9.52. The third kappa shape index (κ3) is 4.60. The predicted octanol–water partition coefficient (Wildman–Crippen LogP) is 1.95. The highest BCUT2D eigenvalue weighted by atomic mass is 16.7. The fraction of sp³-hybridized carbons (Fsp3) is 1.00. The van der Waals surface area contributed by atoms with Crippen LogP contribution in [0.4, 0.5) is 0 Å². The van der Waals surface area contributed by atoms with E-state index in [0.717, 1.165) is 0 Å². The van der Waals surface area contributed by atoms with Gasteiger partial charge < -0.3 is 14.2 Å². The van der Waals surface area contributed by atoms with Crippen LogP contribution in [0.3, 0.4) is 0 Å². The van der Waals surface area contributed by atoms with Crippen molar-refractivity contribution in [1.82, 2.24) is 0 Å². The maximum atomic E-state index is 5.43. The standard InChI is InChI=1S/C10H20O3/c1-3-4-5-6-9-10(13-9)7-12-8-11-2/h9-10H,3-8H2,1-2H3/t9-,10-/m1/s1. The molecule has 0 spiro atoms. The molecule has 3 nitrogen and oxygen atoms in total. The molecule has 78 valence electrons. The summed E-state index contributed by atoms with van der Waals surface area (Å²) in [6.07, 6.45) is 5.86. The Bertz CT molecular complexity index is 113. The Hall–Kier alpha value is -0.120. The van der Waals surface area contributed by atoms with Crippen LogP contribution in [0.2, 0.25) is 0 Å². The Morgan fingerprint density at radius 1 is 1.23 bits per heavy atom. The van der Waals surface area contributed by atoms with Gasteiger partial charge in [-0.25, -0.2) is 0 Å². The Labute approximate surface area is 80.4 Å². The van der Waals surface area contributed by atoms with E-state index in [4.69, 9.17) is 14.2 Å². The highest BCUT2D eigenvalue weighted by Crippen LogP contribution is 2.27. The molecule has 0 radical (unpaired) electrons. The van der Waals surface area contributed by atoms with E-state index in [1.54, 1.807) is 7.11 Å². The van der Waals surface area contributed by atoms with Crippen LogP contribution in [-0.4, -0.2) is 32.7 Å². The van der Waals surface area contributed by atoms with Crippen molar-refractivity contribution < 1.29 is 14.2 Å². The molecular formula is C10H20O3. The summed E-state index contributed by atoms with van der Waals surface area (Å²) in [5, 5.41) is 0. The lowest BCUT2D eigenvalue weighted by Crippen LogP contribution is -2.06. The minimum absolute atomic E-state index is 0.340. The molecule has 0 aromatic carbocycles. The van der Waals surface area contributed by atoms with E-state index in [9.17, 15) is 0 Å². The Balaban J connectivity index is 1.85. The van der Waals surface area contributed by atoms with Crippen molar-refractivity contribution in [3.63, 3.8) is 0 Å². The van der Waals surface area contributed by atoms with E-state index in [1.165, 1.54) is 25.7 Å². The van der Waals surface area contributed by atoms with Crippen LogP contribution >= 0.6 is 0 Å². The molecule has 0 bridgehead atoms. The number of unbranched alkanes of at least 4 members (excludes halogenated alkanes) is 2. The number of epoxide rings is 1. The molecule has 0 amide bonds. The zero-order valence-corrected chi connectivity index (χ0v) is 8.62. The summed E-state index contributed by atoms with van der Waals surface area (Å²) in [6, 6.07) is 0. The van der Waals surface area contributed by atoms with Gasteiger partial charge in [0.2, 0.25) is 0 Å². The molecule has 1 heterocycles. The van der Waals surface area contributed by atoms with E-state index in [-0.39, 0.29) is 0 Å². The number of methoxy groups -OCH3 is 1. The Morgan fingerprint density at radius 3 is 2.77 bits per heavy atom. The average molecular weight is 188 g/mol. The molecule has 1 fully saturated rings. The maximum Gasteiger partial charge on any atom is 0.146 e. The summed E-state index contributed by atoms with van der Waals surface area (Å²) in [4.78, 5) is 0. The topological polar surface area (TPSA) is 31.0 Å². The first kappa shape index (κ1) is 11.0.